The van der Waals surface area contributed by atoms with Crippen molar-refractivity contribution in [2.45, 2.75) is 32.1 Å². The molecular weight excluding hydrogens is 172 g/mol. The summed E-state index contributed by atoms with van der Waals surface area (Å²) in [7, 11) is 0. The van der Waals surface area contributed by atoms with Crippen LogP contribution in [0.4, 0.5) is 5.69 Å². The van der Waals surface area contributed by atoms with E-state index in [-0.39, 0.29) is 0 Å². The third kappa shape index (κ3) is 0.947. The van der Waals surface area contributed by atoms with Gasteiger partial charge in [-0.3, -0.25) is 0 Å². The molecule has 14 heavy (non-hydrogen) atoms. The first-order valence-electron chi connectivity index (χ1n) is 5.42. The van der Waals surface area contributed by atoms with E-state index in [0.29, 0.717) is 5.92 Å². The fraction of sp³-hybridized carbons (Fsp3) is 0.500. The van der Waals surface area contributed by atoms with E-state index in [4.69, 9.17) is 5.84 Å². The van der Waals surface area contributed by atoms with Crippen LogP contribution >= 0.6 is 0 Å². The molecule has 1 atom stereocenters. The van der Waals surface area contributed by atoms with Crippen molar-refractivity contribution in [2.24, 2.45) is 5.84 Å². The number of rotatable bonds is 0. The van der Waals surface area contributed by atoms with Gasteiger partial charge in [-0.25, -0.2) is 5.84 Å². The molecule has 74 valence electrons. The van der Waals surface area contributed by atoms with Gasteiger partial charge >= 0.3 is 0 Å². The highest BCUT2D eigenvalue weighted by atomic mass is 15.4. The smallest absolute Gasteiger partial charge is 0.0584 e. The number of hydrogen-bond donors (Lipinski definition) is 1. The van der Waals surface area contributed by atoms with E-state index in [1.54, 1.807) is 5.56 Å². The van der Waals surface area contributed by atoms with Crippen LogP contribution in [0.15, 0.2) is 12.1 Å². The predicted octanol–water partition coefficient (Wildman–Crippen LogP) is 2.11. The highest BCUT2D eigenvalue weighted by molar-refractivity contribution is 5.67. The first-order valence-corrected chi connectivity index (χ1v) is 5.42. The molecule has 1 heterocycles. The van der Waals surface area contributed by atoms with Gasteiger partial charge in [-0.2, -0.15) is 0 Å². The van der Waals surface area contributed by atoms with Gasteiger partial charge in [-0.05, 0) is 42.9 Å². The van der Waals surface area contributed by atoms with Crippen molar-refractivity contribution in [2.75, 3.05) is 11.6 Å². The van der Waals surface area contributed by atoms with Gasteiger partial charge in [0.2, 0.25) is 0 Å². The second-order valence-corrected chi connectivity index (χ2v) is 4.55. The molecule has 0 bridgehead atoms. The molecule has 0 spiro atoms. The third-order valence-electron chi connectivity index (χ3n) is 3.62. The molecule has 1 aliphatic carbocycles. The van der Waals surface area contributed by atoms with Gasteiger partial charge in [0.05, 0.1) is 5.69 Å². The Morgan fingerprint density at radius 3 is 3.14 bits per heavy atom. The molecule has 2 N–H and O–H groups in total. The lowest BCUT2D eigenvalue weighted by atomic mass is 9.83. The average Bonchev–Trinajstić information content (AvgIpc) is 2.51. The van der Waals surface area contributed by atoms with Gasteiger partial charge in [-0.1, -0.05) is 12.1 Å². The summed E-state index contributed by atoms with van der Waals surface area (Å²) in [5, 5.41) is 1.95. The van der Waals surface area contributed by atoms with Crippen LogP contribution in [-0.2, 0) is 6.42 Å². The maximum Gasteiger partial charge on any atom is 0.0584 e. The lowest BCUT2D eigenvalue weighted by molar-refractivity contribution is 0.575. The second kappa shape index (κ2) is 2.74. The van der Waals surface area contributed by atoms with Gasteiger partial charge in [0.15, 0.2) is 0 Å². The van der Waals surface area contributed by atoms with Crippen LogP contribution in [0.5, 0.6) is 0 Å². The lowest BCUT2D eigenvalue weighted by Gasteiger charge is -2.20. The Labute approximate surface area is 84.7 Å². The Morgan fingerprint density at radius 2 is 2.29 bits per heavy atom. The number of nitrogens with zero attached hydrogens (tertiary/aromatic N) is 1. The molecule has 1 aliphatic heterocycles. The van der Waals surface area contributed by atoms with Crippen LogP contribution in [0.25, 0.3) is 0 Å². The van der Waals surface area contributed by atoms with Crippen molar-refractivity contribution >= 4 is 5.69 Å². The number of benzene rings is 1. The van der Waals surface area contributed by atoms with E-state index >= 15 is 0 Å². The topological polar surface area (TPSA) is 29.3 Å². The number of anilines is 1. The van der Waals surface area contributed by atoms with Gasteiger partial charge in [-0.15, -0.1) is 0 Å². The van der Waals surface area contributed by atoms with Crippen LogP contribution in [-0.4, -0.2) is 6.54 Å². The van der Waals surface area contributed by atoms with Crippen molar-refractivity contribution in [1.29, 1.82) is 0 Å². The zero-order valence-electron chi connectivity index (χ0n) is 8.59. The van der Waals surface area contributed by atoms with E-state index in [1.807, 2.05) is 5.01 Å². The Hall–Kier alpha value is -1.02. The molecule has 0 saturated heterocycles. The highest BCUT2D eigenvalue weighted by Gasteiger charge is 2.32. The molecule has 2 heteroatoms. The molecule has 1 unspecified atom stereocenters. The van der Waals surface area contributed by atoms with Crippen LogP contribution in [0.2, 0.25) is 0 Å². The number of aryl methyl sites for hydroxylation is 2. The van der Waals surface area contributed by atoms with Gasteiger partial charge in [0.25, 0.3) is 0 Å². The third-order valence-corrected chi connectivity index (χ3v) is 3.62. The normalized spacial score (nSPS) is 23.9. The lowest BCUT2D eigenvalue weighted by Crippen LogP contribution is -2.29. The molecule has 0 fully saturated rings. The van der Waals surface area contributed by atoms with E-state index in [0.717, 1.165) is 6.54 Å². The van der Waals surface area contributed by atoms with Crippen LogP contribution in [0, 0.1) is 6.92 Å². The summed E-state index contributed by atoms with van der Waals surface area (Å²) < 4.78 is 0. The fourth-order valence-electron chi connectivity index (χ4n) is 3.01. The minimum Gasteiger partial charge on any atom is -0.310 e. The summed E-state index contributed by atoms with van der Waals surface area (Å²) in [4.78, 5) is 0. The molecule has 2 nitrogen and oxygen atoms in total. The largest absolute Gasteiger partial charge is 0.310 e. The highest BCUT2D eigenvalue weighted by Crippen LogP contribution is 2.44. The van der Waals surface area contributed by atoms with Crippen LogP contribution < -0.4 is 10.9 Å². The summed E-state index contributed by atoms with van der Waals surface area (Å²) in [6.45, 7) is 3.18. The maximum absolute atomic E-state index is 6.04. The summed E-state index contributed by atoms with van der Waals surface area (Å²) in [5.74, 6) is 6.75. The zero-order valence-corrected chi connectivity index (χ0v) is 8.59. The number of hydrazine groups is 1. The Kier molecular flexibility index (Phi) is 1.62. The van der Waals surface area contributed by atoms with Gasteiger partial charge in [0, 0.05) is 12.5 Å². The van der Waals surface area contributed by atoms with E-state index in [9.17, 15) is 0 Å². The summed E-state index contributed by atoms with van der Waals surface area (Å²) >= 11 is 0. The molecule has 1 aromatic rings. The summed E-state index contributed by atoms with van der Waals surface area (Å²) in [6.07, 6.45) is 3.89. The van der Waals surface area contributed by atoms with Gasteiger partial charge in [0.1, 0.15) is 0 Å². The Morgan fingerprint density at radius 1 is 1.43 bits per heavy atom. The Balaban J connectivity index is 2.26. The number of hydrogen-bond acceptors (Lipinski definition) is 2. The minimum atomic E-state index is 0.707. The Bertz CT molecular complexity index is 384. The predicted molar refractivity (Wildman–Crippen MR) is 58.4 cm³/mol. The quantitative estimate of drug-likeness (QED) is 0.632. The second-order valence-electron chi connectivity index (χ2n) is 4.55. The molecule has 2 aliphatic rings. The number of nitrogens with two attached hydrogens (primary N) is 1. The van der Waals surface area contributed by atoms with Crippen LogP contribution in [0.1, 0.15) is 35.4 Å². The fourth-order valence-corrected chi connectivity index (χ4v) is 3.01. The zero-order chi connectivity index (χ0) is 9.71. The van der Waals surface area contributed by atoms with Crippen molar-refractivity contribution in [3.63, 3.8) is 0 Å². The van der Waals surface area contributed by atoms with Crippen molar-refractivity contribution in [1.82, 2.24) is 0 Å². The molecule has 0 radical (unpaired) electrons. The minimum absolute atomic E-state index is 0.707. The van der Waals surface area contributed by atoms with Crippen LogP contribution in [0.3, 0.4) is 0 Å². The van der Waals surface area contributed by atoms with E-state index < -0.39 is 0 Å². The maximum atomic E-state index is 6.04. The van der Waals surface area contributed by atoms with E-state index in [1.165, 1.54) is 36.1 Å². The molecule has 0 aromatic heterocycles. The van der Waals surface area contributed by atoms with Crippen molar-refractivity contribution in [3.05, 3.63) is 28.8 Å². The van der Waals surface area contributed by atoms with Gasteiger partial charge < -0.3 is 5.01 Å². The molecular formula is C12H16N2. The first-order chi connectivity index (χ1) is 6.77. The summed E-state index contributed by atoms with van der Waals surface area (Å²) in [5.41, 5.74) is 5.73. The molecule has 0 saturated carbocycles. The molecule has 0 amide bonds. The van der Waals surface area contributed by atoms with E-state index in [2.05, 4.69) is 19.1 Å². The SMILES string of the molecule is Cc1ccc2c3c1N(N)CC3CCC2. The van der Waals surface area contributed by atoms with Crippen molar-refractivity contribution in [3.8, 4) is 0 Å². The standard InChI is InChI=1S/C12H16N2/c1-8-5-6-9-3-2-4-10-7-14(13)12(8)11(9)10/h5-6,10H,2-4,7,13H2,1H3. The monoisotopic (exact) mass is 188 g/mol. The average molecular weight is 188 g/mol. The van der Waals surface area contributed by atoms with Crippen molar-refractivity contribution < 1.29 is 0 Å². The first kappa shape index (κ1) is 8.30. The molecule has 3 rings (SSSR count). The summed E-state index contributed by atoms with van der Waals surface area (Å²) in [6, 6.07) is 4.50. The molecule has 1 aromatic carbocycles.